The van der Waals surface area contributed by atoms with Gasteiger partial charge in [-0.3, -0.25) is 4.79 Å². The van der Waals surface area contributed by atoms with Crippen molar-refractivity contribution in [2.24, 2.45) is 5.92 Å². The fourth-order valence-corrected chi connectivity index (χ4v) is 3.67. The van der Waals surface area contributed by atoms with Crippen molar-refractivity contribution >= 4 is 28.3 Å². The third-order valence-electron chi connectivity index (χ3n) is 5.14. The number of fused-ring (bicyclic) bond motifs is 1. The molecule has 1 saturated heterocycles. The van der Waals surface area contributed by atoms with Crippen molar-refractivity contribution in [3.05, 3.63) is 60.9 Å². The van der Waals surface area contributed by atoms with Crippen LogP contribution in [0.15, 0.2) is 60.9 Å². The van der Waals surface area contributed by atoms with Gasteiger partial charge in [-0.2, -0.15) is 0 Å². The van der Waals surface area contributed by atoms with Crippen LogP contribution in [0, 0.1) is 5.92 Å². The molecule has 26 heavy (non-hydrogen) atoms. The summed E-state index contributed by atoms with van der Waals surface area (Å²) in [6.07, 6.45) is 5.17. The van der Waals surface area contributed by atoms with Gasteiger partial charge in [0.15, 0.2) is 0 Å². The number of carbonyl (C=O) groups is 1. The first-order chi connectivity index (χ1) is 12.7. The zero-order chi connectivity index (χ0) is 17.9. The summed E-state index contributed by atoms with van der Waals surface area (Å²) in [6, 6.07) is 16.1. The lowest BCUT2D eigenvalue weighted by molar-refractivity contribution is -0.122. The number of hydrogen-bond acceptors (Lipinski definition) is 4. The van der Waals surface area contributed by atoms with Crippen LogP contribution >= 0.6 is 0 Å². The first kappa shape index (κ1) is 16.5. The van der Waals surface area contributed by atoms with E-state index in [4.69, 9.17) is 0 Å². The van der Waals surface area contributed by atoms with Gasteiger partial charge in [0.2, 0.25) is 11.9 Å². The number of rotatable bonds is 3. The highest BCUT2D eigenvalue weighted by atomic mass is 16.2. The molecule has 4 rings (SSSR count). The molecule has 0 aliphatic carbocycles. The number of benzene rings is 2. The minimum Gasteiger partial charge on any atom is -0.341 e. The van der Waals surface area contributed by atoms with E-state index in [0.717, 1.165) is 48.3 Å². The lowest BCUT2D eigenvalue weighted by Crippen LogP contribution is -2.42. The maximum atomic E-state index is 13.1. The van der Waals surface area contributed by atoms with Gasteiger partial charge in [-0.05, 0) is 30.4 Å². The number of aromatic nitrogens is 2. The van der Waals surface area contributed by atoms with Crippen LogP contribution in [0.3, 0.4) is 0 Å². The molecular formula is C21H22N4O. The number of nitrogens with zero attached hydrogens (tertiary/aromatic N) is 4. The monoisotopic (exact) mass is 346 g/mol. The molecular weight excluding hydrogens is 324 g/mol. The zero-order valence-electron chi connectivity index (χ0n) is 14.9. The molecule has 0 unspecified atom stereocenters. The highest BCUT2D eigenvalue weighted by Crippen LogP contribution is 2.29. The molecule has 0 spiro atoms. The molecule has 5 heteroatoms. The van der Waals surface area contributed by atoms with Gasteiger partial charge >= 0.3 is 0 Å². The summed E-state index contributed by atoms with van der Waals surface area (Å²) in [7, 11) is 1.89. The molecule has 3 aromatic rings. The number of hydrogen-bond donors (Lipinski definition) is 0. The Labute approximate surface area is 153 Å². The van der Waals surface area contributed by atoms with Crippen LogP contribution < -0.4 is 9.80 Å². The van der Waals surface area contributed by atoms with E-state index in [1.165, 1.54) is 0 Å². The van der Waals surface area contributed by atoms with E-state index in [9.17, 15) is 4.79 Å². The highest BCUT2D eigenvalue weighted by Gasteiger charge is 2.29. The Bertz CT molecular complexity index is 899. The molecule has 1 fully saturated rings. The van der Waals surface area contributed by atoms with Gasteiger partial charge in [0.05, 0.1) is 5.69 Å². The minimum absolute atomic E-state index is 0.0407. The third kappa shape index (κ3) is 3.12. The first-order valence-corrected chi connectivity index (χ1v) is 9.01. The predicted molar refractivity (Wildman–Crippen MR) is 104 cm³/mol. The first-order valence-electron chi connectivity index (χ1n) is 9.01. The van der Waals surface area contributed by atoms with Crippen LogP contribution in [0.4, 0.5) is 11.6 Å². The van der Waals surface area contributed by atoms with Crippen LogP contribution in [0.25, 0.3) is 10.8 Å². The molecule has 1 amide bonds. The van der Waals surface area contributed by atoms with Crippen molar-refractivity contribution < 1.29 is 4.79 Å². The molecule has 1 aliphatic rings. The third-order valence-corrected chi connectivity index (χ3v) is 5.14. The summed E-state index contributed by atoms with van der Waals surface area (Å²) < 4.78 is 0. The Balaban J connectivity index is 1.48. The number of piperidine rings is 1. The van der Waals surface area contributed by atoms with Crippen molar-refractivity contribution in [3.63, 3.8) is 0 Å². The molecule has 0 bridgehead atoms. The predicted octanol–water partition coefficient (Wildman–Crippen LogP) is 3.51. The van der Waals surface area contributed by atoms with Crippen molar-refractivity contribution in [1.29, 1.82) is 0 Å². The number of anilines is 2. The van der Waals surface area contributed by atoms with Crippen molar-refractivity contribution in [2.45, 2.75) is 12.8 Å². The van der Waals surface area contributed by atoms with Crippen molar-refractivity contribution in [2.75, 3.05) is 29.9 Å². The smallest absolute Gasteiger partial charge is 0.229 e. The Hall–Kier alpha value is -2.95. The van der Waals surface area contributed by atoms with Gasteiger partial charge in [0.1, 0.15) is 0 Å². The molecule has 1 aromatic heterocycles. The van der Waals surface area contributed by atoms with Gasteiger partial charge in [-0.1, -0.05) is 36.4 Å². The molecule has 0 N–H and O–H groups in total. The van der Waals surface area contributed by atoms with E-state index in [2.05, 4.69) is 33.1 Å². The summed E-state index contributed by atoms with van der Waals surface area (Å²) in [4.78, 5) is 25.7. The molecule has 5 nitrogen and oxygen atoms in total. The second kappa shape index (κ2) is 7.12. The SMILES string of the molecule is CN(C(=O)C1CCN(c2ncccn2)CC1)c1cccc2ccccc12. The molecule has 0 atom stereocenters. The van der Waals surface area contributed by atoms with E-state index >= 15 is 0 Å². The largest absolute Gasteiger partial charge is 0.341 e. The van der Waals surface area contributed by atoms with Crippen LogP contribution in [0.5, 0.6) is 0 Å². The van der Waals surface area contributed by atoms with Crippen LogP contribution in [0.2, 0.25) is 0 Å². The lowest BCUT2D eigenvalue weighted by atomic mass is 9.95. The zero-order valence-corrected chi connectivity index (χ0v) is 14.9. The van der Waals surface area contributed by atoms with Crippen LogP contribution in [-0.4, -0.2) is 36.0 Å². The average molecular weight is 346 g/mol. The topological polar surface area (TPSA) is 49.3 Å². The summed E-state index contributed by atoms with van der Waals surface area (Å²) in [5.74, 6) is 0.981. The fourth-order valence-electron chi connectivity index (χ4n) is 3.67. The number of amides is 1. The van der Waals surface area contributed by atoms with E-state index in [-0.39, 0.29) is 11.8 Å². The molecule has 2 aromatic carbocycles. The van der Waals surface area contributed by atoms with Crippen LogP contribution in [0.1, 0.15) is 12.8 Å². The molecule has 1 aliphatic heterocycles. The summed E-state index contributed by atoms with van der Waals surface area (Å²) in [6.45, 7) is 1.62. The maximum absolute atomic E-state index is 13.1. The second-order valence-corrected chi connectivity index (χ2v) is 6.71. The Kier molecular flexibility index (Phi) is 4.52. The van der Waals surface area contributed by atoms with E-state index in [1.54, 1.807) is 12.4 Å². The Morgan fingerprint density at radius 2 is 1.69 bits per heavy atom. The van der Waals surface area contributed by atoms with Crippen molar-refractivity contribution in [3.8, 4) is 0 Å². The quantitative estimate of drug-likeness (QED) is 0.728. The molecule has 0 radical (unpaired) electrons. The summed E-state index contributed by atoms with van der Waals surface area (Å²) >= 11 is 0. The normalized spacial score (nSPS) is 15.2. The van der Waals surface area contributed by atoms with E-state index in [0.29, 0.717) is 0 Å². The van der Waals surface area contributed by atoms with Gasteiger partial charge in [-0.15, -0.1) is 0 Å². The second-order valence-electron chi connectivity index (χ2n) is 6.71. The molecule has 2 heterocycles. The van der Waals surface area contributed by atoms with E-state index in [1.807, 2.05) is 42.3 Å². The Morgan fingerprint density at radius 3 is 2.46 bits per heavy atom. The highest BCUT2D eigenvalue weighted by molar-refractivity contribution is 6.04. The van der Waals surface area contributed by atoms with Gasteiger partial charge in [-0.25, -0.2) is 9.97 Å². The Morgan fingerprint density at radius 1 is 1.00 bits per heavy atom. The summed E-state index contributed by atoms with van der Waals surface area (Å²) in [5.41, 5.74) is 0.974. The fraction of sp³-hybridized carbons (Fsp3) is 0.286. The molecule has 0 saturated carbocycles. The molecule has 132 valence electrons. The average Bonchev–Trinajstić information content (AvgIpc) is 2.73. The summed E-state index contributed by atoms with van der Waals surface area (Å²) in [5, 5.41) is 2.27. The van der Waals surface area contributed by atoms with Gasteiger partial charge in [0.25, 0.3) is 0 Å². The van der Waals surface area contributed by atoms with E-state index < -0.39 is 0 Å². The van der Waals surface area contributed by atoms with Gasteiger partial charge < -0.3 is 9.80 Å². The lowest BCUT2D eigenvalue weighted by Gasteiger charge is -2.33. The van der Waals surface area contributed by atoms with Crippen molar-refractivity contribution in [1.82, 2.24) is 9.97 Å². The maximum Gasteiger partial charge on any atom is 0.229 e. The minimum atomic E-state index is 0.0407. The van der Waals surface area contributed by atoms with Gasteiger partial charge in [0, 0.05) is 43.8 Å². The standard InChI is InChI=1S/C21H22N4O/c1-24(19-9-4-7-16-6-2-3-8-18(16)19)20(26)17-10-14-25(15-11-17)21-22-12-5-13-23-21/h2-9,12-13,17H,10-11,14-15H2,1H3. The van der Waals surface area contributed by atoms with Crippen LogP contribution in [-0.2, 0) is 4.79 Å². The number of carbonyl (C=O) groups excluding carboxylic acids is 1.